The second kappa shape index (κ2) is 17.7. The van der Waals surface area contributed by atoms with Crippen molar-refractivity contribution >= 4 is 55.8 Å². The number of aliphatic hydroxyl groups excluding tert-OH is 3. The van der Waals surface area contributed by atoms with Crippen LogP contribution in [0.15, 0.2) is 0 Å². The summed E-state index contributed by atoms with van der Waals surface area (Å²) in [6.07, 6.45) is 0.182. The number of rotatable bonds is 19. The Morgan fingerprint density at radius 3 is 1.19 bits per heavy atom. The molecule has 0 saturated heterocycles. The molecule has 0 atom stereocenters. The van der Waals surface area contributed by atoms with Crippen molar-refractivity contribution in [2.24, 2.45) is 10.8 Å². The fraction of sp³-hybridized carbons (Fsp3) is 0.842. The molecule has 0 amide bonds. The van der Waals surface area contributed by atoms with Crippen molar-refractivity contribution in [3.63, 3.8) is 0 Å². The summed E-state index contributed by atoms with van der Waals surface area (Å²) >= 11 is 11.9. The summed E-state index contributed by atoms with van der Waals surface area (Å²) in [5, 5.41) is 29.4. The number of ether oxygens (including phenoxy) is 4. The van der Waals surface area contributed by atoms with Crippen LogP contribution in [0.1, 0.15) is 19.3 Å². The molecule has 0 aliphatic heterocycles. The smallest absolute Gasteiger partial charge is 0.306 e. The van der Waals surface area contributed by atoms with Gasteiger partial charge in [0.25, 0.3) is 0 Å². The van der Waals surface area contributed by atoms with Crippen LogP contribution in [0.25, 0.3) is 0 Å². The molecular formula is C19H34O10S3. The molecule has 188 valence electrons. The number of carbonyl (C=O) groups excluding carboxylic acids is 3. The molecule has 0 saturated carbocycles. The monoisotopic (exact) mass is 518 g/mol. The summed E-state index contributed by atoms with van der Waals surface area (Å²) in [5.74, 6) is -0.786. The molecule has 0 heterocycles. The van der Waals surface area contributed by atoms with Gasteiger partial charge in [-0.3, -0.25) is 14.4 Å². The minimum atomic E-state index is -1.29. The first-order chi connectivity index (χ1) is 15.3. The summed E-state index contributed by atoms with van der Waals surface area (Å²) < 4.78 is 21.0. The maximum atomic E-state index is 11.7. The average molecular weight is 519 g/mol. The van der Waals surface area contributed by atoms with Gasteiger partial charge >= 0.3 is 17.9 Å². The van der Waals surface area contributed by atoms with Gasteiger partial charge in [0.2, 0.25) is 0 Å². The van der Waals surface area contributed by atoms with Crippen LogP contribution in [-0.2, 0) is 33.3 Å². The van der Waals surface area contributed by atoms with E-state index in [9.17, 15) is 29.7 Å². The zero-order valence-electron chi connectivity index (χ0n) is 17.9. The number of carbonyl (C=O) groups is 3. The molecule has 0 bridgehead atoms. The molecule has 0 rings (SSSR count). The van der Waals surface area contributed by atoms with Crippen LogP contribution >= 0.6 is 37.9 Å². The van der Waals surface area contributed by atoms with Gasteiger partial charge in [-0.2, -0.15) is 37.9 Å². The lowest BCUT2D eigenvalue weighted by molar-refractivity contribution is -0.164. The van der Waals surface area contributed by atoms with Crippen LogP contribution in [0, 0.1) is 10.8 Å². The van der Waals surface area contributed by atoms with E-state index in [1.807, 2.05) is 0 Å². The second-order valence-corrected chi connectivity index (χ2v) is 8.71. The fourth-order valence-corrected chi connectivity index (χ4v) is 2.76. The van der Waals surface area contributed by atoms with Gasteiger partial charge in [-0.15, -0.1) is 0 Å². The van der Waals surface area contributed by atoms with E-state index in [4.69, 9.17) is 18.9 Å². The summed E-state index contributed by atoms with van der Waals surface area (Å²) in [7, 11) is 0. The molecule has 32 heavy (non-hydrogen) atoms. The Balaban J connectivity index is 5.17. The maximum absolute atomic E-state index is 11.7. The van der Waals surface area contributed by atoms with E-state index >= 15 is 0 Å². The maximum Gasteiger partial charge on any atom is 0.306 e. The van der Waals surface area contributed by atoms with Gasteiger partial charge in [-0.05, 0) is 0 Å². The van der Waals surface area contributed by atoms with E-state index in [1.54, 1.807) is 0 Å². The van der Waals surface area contributed by atoms with Gasteiger partial charge in [0.1, 0.15) is 19.8 Å². The fourth-order valence-electron chi connectivity index (χ4n) is 2.21. The highest BCUT2D eigenvalue weighted by molar-refractivity contribution is 7.80. The minimum Gasteiger partial charge on any atom is -0.465 e. The van der Waals surface area contributed by atoms with Crippen LogP contribution in [-0.4, -0.2) is 103 Å². The molecule has 0 aromatic carbocycles. The normalized spacial score (nSPS) is 11.8. The molecule has 0 aliphatic carbocycles. The van der Waals surface area contributed by atoms with Crippen LogP contribution < -0.4 is 0 Å². The quantitative estimate of drug-likeness (QED) is 0.0754. The summed E-state index contributed by atoms with van der Waals surface area (Å²) in [6, 6.07) is 0. The lowest BCUT2D eigenvalue weighted by Gasteiger charge is -2.33. The van der Waals surface area contributed by atoms with E-state index in [0.717, 1.165) is 0 Å². The third kappa shape index (κ3) is 12.5. The Kier molecular flexibility index (Phi) is 17.3. The van der Waals surface area contributed by atoms with Crippen molar-refractivity contribution in [2.45, 2.75) is 19.3 Å². The van der Waals surface area contributed by atoms with Gasteiger partial charge in [-0.1, -0.05) is 0 Å². The largest absolute Gasteiger partial charge is 0.465 e. The van der Waals surface area contributed by atoms with Gasteiger partial charge in [0.05, 0.1) is 63.1 Å². The molecule has 10 nitrogen and oxygen atoms in total. The lowest BCUT2D eigenvalue weighted by atomic mass is 9.90. The Bertz CT molecular complexity index is 535. The van der Waals surface area contributed by atoms with E-state index in [2.05, 4.69) is 37.9 Å². The van der Waals surface area contributed by atoms with Crippen molar-refractivity contribution in [3.05, 3.63) is 0 Å². The van der Waals surface area contributed by atoms with Crippen molar-refractivity contribution < 1.29 is 48.7 Å². The molecular weight excluding hydrogens is 484 g/mol. The molecule has 3 N–H and O–H groups in total. The number of esters is 3. The topological polar surface area (TPSA) is 149 Å². The standard InChI is InChI=1S/C19H34O10S3/c20-7-18(8-21,12-27-15(23)1-4-30)10-26-11-19(9-22,13-28-16(24)2-5-31)14-29-17(25)3-6-32/h20-22,30-32H,1-14H2. The van der Waals surface area contributed by atoms with Gasteiger partial charge in [-0.25, -0.2) is 0 Å². The predicted octanol–water partition coefficient (Wildman–Crippen LogP) is -0.458. The van der Waals surface area contributed by atoms with E-state index in [1.165, 1.54) is 0 Å². The molecule has 0 aliphatic rings. The molecule has 0 fully saturated rings. The van der Waals surface area contributed by atoms with Crippen molar-refractivity contribution in [3.8, 4) is 0 Å². The third-order valence-corrected chi connectivity index (χ3v) is 5.06. The van der Waals surface area contributed by atoms with Gasteiger partial charge in [0.15, 0.2) is 0 Å². The summed E-state index contributed by atoms with van der Waals surface area (Å²) in [4.78, 5) is 35.1. The highest BCUT2D eigenvalue weighted by Crippen LogP contribution is 2.23. The van der Waals surface area contributed by atoms with Crippen LogP contribution in [0.3, 0.4) is 0 Å². The summed E-state index contributed by atoms with van der Waals surface area (Å²) in [5.41, 5.74) is -2.57. The zero-order valence-corrected chi connectivity index (χ0v) is 20.6. The van der Waals surface area contributed by atoms with Crippen molar-refractivity contribution in [1.82, 2.24) is 0 Å². The molecule has 0 radical (unpaired) electrons. The van der Waals surface area contributed by atoms with Crippen molar-refractivity contribution in [1.29, 1.82) is 0 Å². The first-order valence-corrected chi connectivity index (χ1v) is 11.9. The second-order valence-electron chi connectivity index (χ2n) is 7.37. The lowest BCUT2D eigenvalue weighted by Crippen LogP contribution is -2.45. The molecule has 0 spiro atoms. The predicted molar refractivity (Wildman–Crippen MR) is 125 cm³/mol. The van der Waals surface area contributed by atoms with Crippen LogP contribution in [0.2, 0.25) is 0 Å². The first kappa shape index (κ1) is 31.3. The number of hydrogen-bond donors (Lipinski definition) is 6. The highest BCUT2D eigenvalue weighted by atomic mass is 32.1. The SMILES string of the molecule is O=C(CCS)OCC(CO)(CO)COCC(CO)(COC(=O)CCS)COC(=O)CCS. The van der Waals surface area contributed by atoms with Gasteiger partial charge in [0, 0.05) is 17.3 Å². The van der Waals surface area contributed by atoms with Crippen molar-refractivity contribution in [2.75, 3.05) is 70.1 Å². The first-order valence-electron chi connectivity index (χ1n) is 9.95. The molecule has 0 aromatic rings. The zero-order chi connectivity index (χ0) is 24.5. The van der Waals surface area contributed by atoms with E-state index in [-0.39, 0.29) is 69.6 Å². The van der Waals surface area contributed by atoms with E-state index < -0.39 is 48.6 Å². The Morgan fingerprint density at radius 2 is 0.875 bits per heavy atom. The molecule has 13 heteroatoms. The number of hydrogen-bond acceptors (Lipinski definition) is 13. The average Bonchev–Trinajstić information content (AvgIpc) is 2.78. The molecule has 0 aromatic heterocycles. The Hall–Kier alpha value is -0.700. The molecule has 0 unspecified atom stereocenters. The van der Waals surface area contributed by atoms with E-state index in [0.29, 0.717) is 0 Å². The van der Waals surface area contributed by atoms with Crippen LogP contribution in [0.4, 0.5) is 0 Å². The number of thiol groups is 3. The third-order valence-electron chi connectivity index (χ3n) is 4.39. The van der Waals surface area contributed by atoms with Crippen LogP contribution in [0.5, 0.6) is 0 Å². The summed E-state index contributed by atoms with van der Waals surface area (Å²) in [6.45, 7) is -3.01. The Morgan fingerprint density at radius 1 is 0.562 bits per heavy atom. The minimum absolute atomic E-state index is 0.0563. The Labute approximate surface area is 204 Å². The highest BCUT2D eigenvalue weighted by Gasteiger charge is 2.37. The van der Waals surface area contributed by atoms with Gasteiger partial charge < -0.3 is 34.3 Å². The number of aliphatic hydroxyl groups is 3.